The number of halogens is 3. The smallest absolute Gasteiger partial charge is 0.260 e. The number of carbonyl (C=O) groups is 2. The van der Waals surface area contributed by atoms with E-state index in [4.69, 9.17) is 4.74 Å². The van der Waals surface area contributed by atoms with Crippen molar-refractivity contribution in [1.82, 2.24) is 5.32 Å². The molecule has 1 aliphatic rings. The quantitative estimate of drug-likeness (QED) is 0.569. The van der Waals surface area contributed by atoms with Crippen molar-refractivity contribution in [2.24, 2.45) is 5.92 Å². The van der Waals surface area contributed by atoms with E-state index in [1.807, 2.05) is 19.6 Å². The van der Waals surface area contributed by atoms with Crippen molar-refractivity contribution in [3.63, 3.8) is 0 Å². The van der Waals surface area contributed by atoms with Gasteiger partial charge in [0.1, 0.15) is 17.8 Å². The predicted molar refractivity (Wildman–Crippen MR) is 119 cm³/mol. The summed E-state index contributed by atoms with van der Waals surface area (Å²) in [6, 6.07) is 10.5. The molecule has 1 N–H and O–H groups in total. The Kier molecular flexibility index (Phi) is 6.95. The van der Waals surface area contributed by atoms with Crippen LogP contribution in [0.2, 0.25) is 19.6 Å². The van der Waals surface area contributed by atoms with E-state index in [9.17, 15) is 22.8 Å². The number of amides is 1. The van der Waals surface area contributed by atoms with Crippen LogP contribution in [0.1, 0.15) is 29.2 Å². The van der Waals surface area contributed by atoms with Gasteiger partial charge in [0.05, 0.1) is 14.7 Å². The molecule has 2 aromatic rings. The van der Waals surface area contributed by atoms with Gasteiger partial charge in [-0.1, -0.05) is 56.0 Å². The minimum atomic E-state index is -3.03. The third kappa shape index (κ3) is 5.66. The Morgan fingerprint density at radius 1 is 1.12 bits per heavy atom. The highest BCUT2D eigenvalue weighted by Gasteiger charge is 2.61. The van der Waals surface area contributed by atoms with E-state index < -0.39 is 44.1 Å². The molecule has 2 aromatic carbocycles. The molecule has 3 rings (SSSR count). The number of methoxy groups -OCH3 is 1. The van der Waals surface area contributed by atoms with Crippen molar-refractivity contribution in [3.05, 3.63) is 65.0 Å². The van der Waals surface area contributed by atoms with Crippen LogP contribution in [0.25, 0.3) is 0 Å². The molecule has 0 spiro atoms. The van der Waals surface area contributed by atoms with Crippen molar-refractivity contribution >= 4 is 25.0 Å². The average Bonchev–Trinajstić information content (AvgIpc) is 3.34. The summed E-state index contributed by atoms with van der Waals surface area (Å²) in [5.41, 5.74) is 1.82. The molecular weight excluding hydrogens is 435 g/mol. The zero-order valence-corrected chi connectivity index (χ0v) is 19.7. The zero-order valence-electron chi connectivity index (χ0n) is 18.7. The summed E-state index contributed by atoms with van der Waals surface area (Å²) >= 11 is 0. The van der Waals surface area contributed by atoms with Gasteiger partial charge in [-0.25, -0.2) is 13.2 Å². The third-order valence-electron chi connectivity index (χ3n) is 5.59. The van der Waals surface area contributed by atoms with Crippen LogP contribution >= 0.6 is 0 Å². The first-order chi connectivity index (χ1) is 14.9. The molecule has 32 heavy (non-hydrogen) atoms. The van der Waals surface area contributed by atoms with Crippen molar-refractivity contribution in [2.75, 3.05) is 7.11 Å². The minimum Gasteiger partial charge on any atom is -0.380 e. The Morgan fingerprint density at radius 3 is 2.22 bits per heavy atom. The lowest BCUT2D eigenvalue weighted by molar-refractivity contribution is -0.129. The van der Waals surface area contributed by atoms with E-state index in [0.717, 1.165) is 5.56 Å². The number of hydrogen-bond acceptors (Lipinski definition) is 3. The largest absolute Gasteiger partial charge is 0.380 e. The van der Waals surface area contributed by atoms with Crippen LogP contribution in [0.5, 0.6) is 0 Å². The average molecular weight is 464 g/mol. The highest BCUT2D eigenvalue weighted by Crippen LogP contribution is 2.48. The lowest BCUT2D eigenvalue weighted by Gasteiger charge is -2.20. The van der Waals surface area contributed by atoms with Crippen LogP contribution in [0.15, 0.2) is 42.5 Å². The summed E-state index contributed by atoms with van der Waals surface area (Å²) in [6.45, 7) is 6.47. The first kappa shape index (κ1) is 24.2. The molecule has 0 bridgehead atoms. The molecule has 1 aliphatic carbocycles. The van der Waals surface area contributed by atoms with Crippen molar-refractivity contribution in [3.8, 4) is 0 Å². The minimum absolute atomic E-state index is 0.130. The molecule has 8 heteroatoms. The number of rotatable bonds is 9. The van der Waals surface area contributed by atoms with Crippen LogP contribution in [-0.2, 0) is 27.4 Å². The van der Waals surface area contributed by atoms with Gasteiger partial charge in [-0.15, -0.1) is 0 Å². The van der Waals surface area contributed by atoms with Crippen LogP contribution in [-0.4, -0.2) is 32.8 Å². The fourth-order valence-corrected chi connectivity index (χ4v) is 5.02. The summed E-state index contributed by atoms with van der Waals surface area (Å²) in [6.07, 6.45) is -0.648. The Hall–Kier alpha value is -2.45. The van der Waals surface area contributed by atoms with E-state index in [2.05, 4.69) is 5.32 Å². The molecule has 0 saturated heterocycles. The number of hydrogen-bond donors (Lipinski definition) is 1. The monoisotopic (exact) mass is 463 g/mol. The Bertz CT molecular complexity index is 1000. The van der Waals surface area contributed by atoms with Gasteiger partial charge in [-0.3, -0.25) is 9.59 Å². The first-order valence-electron chi connectivity index (χ1n) is 10.5. The summed E-state index contributed by atoms with van der Waals surface area (Å²) in [7, 11) is -0.309. The van der Waals surface area contributed by atoms with Crippen LogP contribution < -0.4 is 10.5 Å². The number of nitrogens with one attached hydrogen (secondary N) is 1. The molecule has 4 nitrogen and oxygen atoms in total. The summed E-state index contributed by atoms with van der Waals surface area (Å²) in [5, 5.41) is 3.16. The van der Waals surface area contributed by atoms with Crippen LogP contribution in [0.4, 0.5) is 13.2 Å². The number of ketones is 1. The van der Waals surface area contributed by atoms with E-state index in [0.29, 0.717) is 22.9 Å². The maximum atomic E-state index is 14.6. The third-order valence-corrected chi connectivity index (χ3v) is 7.62. The standard InChI is InChI=1S/C24H28F3NO3Si/c1-31-14-15-5-8-17(9-6-15)22(28-23(30)18-13-24(18,26)27)20(29)12-16-7-10-21(19(25)11-16)32(2,3)4/h5-11,18,22H,12-14H2,1-4H3,(H,28,30)/t18?,22-/m1/s1. The normalized spacial score (nSPS) is 18.2. The Balaban J connectivity index is 1.82. The maximum Gasteiger partial charge on any atom is 0.260 e. The van der Waals surface area contributed by atoms with E-state index in [-0.39, 0.29) is 12.2 Å². The zero-order chi connectivity index (χ0) is 23.7. The molecule has 1 fully saturated rings. The van der Waals surface area contributed by atoms with Crippen molar-refractivity contribution in [2.45, 2.75) is 51.1 Å². The summed E-state index contributed by atoms with van der Waals surface area (Å²) in [5.74, 6) is -6.05. The number of carbonyl (C=O) groups excluding carboxylic acids is 2. The molecule has 1 saturated carbocycles. The molecular formula is C24H28F3NO3Si. The molecule has 1 amide bonds. The number of ether oxygens (including phenoxy) is 1. The topological polar surface area (TPSA) is 55.4 Å². The molecule has 2 atom stereocenters. The predicted octanol–water partition coefficient (Wildman–Crippen LogP) is 4.14. The van der Waals surface area contributed by atoms with Gasteiger partial charge in [0, 0.05) is 20.0 Å². The van der Waals surface area contributed by atoms with Gasteiger partial charge in [0.15, 0.2) is 5.78 Å². The second-order valence-electron chi connectivity index (χ2n) is 9.34. The highest BCUT2D eigenvalue weighted by atomic mass is 28.3. The Morgan fingerprint density at radius 2 is 1.72 bits per heavy atom. The number of alkyl halides is 2. The molecule has 0 aliphatic heterocycles. The van der Waals surface area contributed by atoms with Gasteiger partial charge in [0.2, 0.25) is 5.91 Å². The van der Waals surface area contributed by atoms with Gasteiger partial charge in [0.25, 0.3) is 5.92 Å². The second kappa shape index (κ2) is 9.19. The van der Waals surface area contributed by atoms with E-state index in [1.165, 1.54) is 6.07 Å². The highest BCUT2D eigenvalue weighted by molar-refractivity contribution is 6.88. The first-order valence-corrected chi connectivity index (χ1v) is 14.0. The number of Topliss-reactive ketones (excluding diaryl/α,β-unsaturated/α-hetero) is 1. The Labute approximate surface area is 187 Å². The van der Waals surface area contributed by atoms with Gasteiger partial charge in [-0.2, -0.15) is 0 Å². The molecule has 0 heterocycles. The van der Waals surface area contributed by atoms with Crippen LogP contribution in [0, 0.1) is 11.7 Å². The molecule has 172 valence electrons. The van der Waals surface area contributed by atoms with Gasteiger partial charge in [-0.05, 0) is 27.9 Å². The molecule has 0 radical (unpaired) electrons. The van der Waals surface area contributed by atoms with Gasteiger partial charge >= 0.3 is 0 Å². The number of benzene rings is 2. The second-order valence-corrected chi connectivity index (χ2v) is 14.4. The fourth-order valence-electron chi connectivity index (χ4n) is 3.64. The SMILES string of the molecule is COCc1ccc([C@@H](NC(=O)C2CC2(F)F)C(=O)Cc2ccc([Si](C)(C)C)c(F)c2)cc1. The lowest BCUT2D eigenvalue weighted by Crippen LogP contribution is -2.40. The maximum absolute atomic E-state index is 14.6. The van der Waals surface area contributed by atoms with Gasteiger partial charge < -0.3 is 10.1 Å². The summed E-state index contributed by atoms with van der Waals surface area (Å²) < 4.78 is 46.4. The fraction of sp³-hybridized carbons (Fsp3) is 0.417. The van der Waals surface area contributed by atoms with Crippen LogP contribution in [0.3, 0.4) is 0 Å². The van der Waals surface area contributed by atoms with Crippen molar-refractivity contribution in [1.29, 1.82) is 0 Å². The molecule has 1 unspecified atom stereocenters. The van der Waals surface area contributed by atoms with Crippen molar-refractivity contribution < 1.29 is 27.5 Å². The lowest BCUT2D eigenvalue weighted by atomic mass is 9.96. The van der Waals surface area contributed by atoms with E-state index in [1.54, 1.807) is 43.5 Å². The molecule has 0 aromatic heterocycles. The summed E-state index contributed by atoms with van der Waals surface area (Å²) in [4.78, 5) is 25.4. The van der Waals surface area contributed by atoms with E-state index >= 15 is 0 Å².